The summed E-state index contributed by atoms with van der Waals surface area (Å²) >= 11 is 0. The van der Waals surface area contributed by atoms with Crippen LogP contribution in [-0.2, 0) is 6.42 Å². The molecule has 0 radical (unpaired) electrons. The predicted molar refractivity (Wildman–Crippen MR) is 66.5 cm³/mol. The van der Waals surface area contributed by atoms with Crippen LogP contribution in [0.1, 0.15) is 30.0 Å². The van der Waals surface area contributed by atoms with Crippen LogP contribution in [0.2, 0.25) is 0 Å². The lowest BCUT2D eigenvalue weighted by Crippen LogP contribution is -2.31. The molecule has 0 bridgehead atoms. The van der Waals surface area contributed by atoms with E-state index in [2.05, 4.69) is 32.0 Å². The number of aliphatic hydroxyl groups excluding tert-OH is 2. The normalized spacial score (nSPS) is 11.8. The molecule has 0 aliphatic rings. The molecule has 2 heteroatoms. The number of hydrogen-bond acceptors (Lipinski definition) is 2. The van der Waals surface area contributed by atoms with E-state index in [9.17, 15) is 10.2 Å². The lowest BCUT2D eigenvalue weighted by molar-refractivity contribution is 0.0513. The minimum absolute atomic E-state index is 0.0351. The lowest BCUT2D eigenvalue weighted by atomic mass is 9.79. The van der Waals surface area contributed by atoms with E-state index in [1.165, 1.54) is 16.7 Å². The molecule has 0 aliphatic carbocycles. The Morgan fingerprint density at radius 1 is 1.12 bits per heavy atom. The zero-order valence-corrected chi connectivity index (χ0v) is 10.5. The highest BCUT2D eigenvalue weighted by Gasteiger charge is 2.27. The number of aryl methyl sites for hydroxylation is 2. The molecule has 0 unspecified atom stereocenters. The third kappa shape index (κ3) is 2.83. The highest BCUT2D eigenvalue weighted by molar-refractivity contribution is 5.31. The van der Waals surface area contributed by atoms with E-state index in [1.807, 2.05) is 6.92 Å². The smallest absolute Gasteiger partial charge is 0.0512 e. The van der Waals surface area contributed by atoms with Crippen molar-refractivity contribution in [3.05, 3.63) is 34.9 Å². The van der Waals surface area contributed by atoms with Crippen molar-refractivity contribution in [2.45, 2.75) is 33.6 Å². The summed E-state index contributed by atoms with van der Waals surface area (Å²) in [5.74, 6) is 0. The number of rotatable bonds is 5. The predicted octanol–water partition coefficient (Wildman–Crippen LogP) is 2.23. The van der Waals surface area contributed by atoms with E-state index in [4.69, 9.17) is 0 Å². The van der Waals surface area contributed by atoms with Crippen LogP contribution in [0.25, 0.3) is 0 Å². The molecule has 1 aromatic rings. The maximum Gasteiger partial charge on any atom is 0.0512 e. The minimum atomic E-state index is -0.376. The fourth-order valence-corrected chi connectivity index (χ4v) is 1.91. The SMILES string of the molecule is CCC(CO)(CO)Cc1cc(C)ccc1C. The molecule has 2 nitrogen and oxygen atoms in total. The van der Waals surface area contributed by atoms with Crippen LogP contribution in [0.3, 0.4) is 0 Å². The van der Waals surface area contributed by atoms with Crippen LogP contribution in [0.4, 0.5) is 0 Å². The Labute approximate surface area is 97.9 Å². The van der Waals surface area contributed by atoms with E-state index < -0.39 is 0 Å². The quantitative estimate of drug-likeness (QED) is 0.802. The summed E-state index contributed by atoms with van der Waals surface area (Å²) < 4.78 is 0. The third-order valence-electron chi connectivity index (χ3n) is 3.49. The van der Waals surface area contributed by atoms with Gasteiger partial charge in [-0.25, -0.2) is 0 Å². The molecule has 1 aromatic carbocycles. The second-order valence-corrected chi connectivity index (χ2v) is 4.78. The van der Waals surface area contributed by atoms with E-state index in [-0.39, 0.29) is 18.6 Å². The first-order valence-electron chi connectivity index (χ1n) is 5.85. The Morgan fingerprint density at radius 3 is 2.25 bits per heavy atom. The number of hydrogen-bond donors (Lipinski definition) is 2. The van der Waals surface area contributed by atoms with Crippen molar-refractivity contribution in [2.75, 3.05) is 13.2 Å². The highest BCUT2D eigenvalue weighted by Crippen LogP contribution is 2.27. The zero-order chi connectivity index (χ0) is 12.2. The summed E-state index contributed by atoms with van der Waals surface area (Å²) in [7, 11) is 0. The summed E-state index contributed by atoms with van der Waals surface area (Å²) in [6.45, 7) is 6.22. The van der Waals surface area contributed by atoms with Crippen molar-refractivity contribution in [2.24, 2.45) is 5.41 Å². The maximum absolute atomic E-state index is 9.44. The molecule has 0 heterocycles. The molecule has 2 N–H and O–H groups in total. The van der Waals surface area contributed by atoms with Crippen molar-refractivity contribution in [1.29, 1.82) is 0 Å². The highest BCUT2D eigenvalue weighted by atomic mass is 16.3. The van der Waals surface area contributed by atoms with E-state index in [1.54, 1.807) is 0 Å². The summed E-state index contributed by atoms with van der Waals surface area (Å²) in [6.07, 6.45) is 1.53. The van der Waals surface area contributed by atoms with Crippen LogP contribution >= 0.6 is 0 Å². The second kappa shape index (κ2) is 5.46. The maximum atomic E-state index is 9.44. The number of benzene rings is 1. The van der Waals surface area contributed by atoms with Crippen LogP contribution in [0.15, 0.2) is 18.2 Å². The average molecular weight is 222 g/mol. The average Bonchev–Trinajstić information content (AvgIpc) is 2.31. The lowest BCUT2D eigenvalue weighted by Gasteiger charge is -2.29. The monoisotopic (exact) mass is 222 g/mol. The minimum Gasteiger partial charge on any atom is -0.396 e. The molecule has 0 saturated heterocycles. The standard InChI is InChI=1S/C14H22O2/c1-4-14(9-15,10-16)8-13-7-11(2)5-6-12(13)3/h5-7,15-16H,4,8-10H2,1-3H3. The first kappa shape index (κ1) is 13.2. The Bertz CT molecular complexity index is 332. The molecule has 16 heavy (non-hydrogen) atoms. The van der Waals surface area contributed by atoms with Gasteiger partial charge in [-0.2, -0.15) is 0 Å². The first-order valence-corrected chi connectivity index (χ1v) is 5.85. The Hall–Kier alpha value is -0.860. The van der Waals surface area contributed by atoms with Gasteiger partial charge in [-0.05, 0) is 37.8 Å². The van der Waals surface area contributed by atoms with Gasteiger partial charge in [0.2, 0.25) is 0 Å². The molecule has 0 aromatic heterocycles. The molecular formula is C14H22O2. The van der Waals surface area contributed by atoms with Crippen molar-refractivity contribution in [3.63, 3.8) is 0 Å². The molecule has 1 rings (SSSR count). The van der Waals surface area contributed by atoms with E-state index in [0.717, 1.165) is 12.8 Å². The molecule has 0 saturated carbocycles. The van der Waals surface area contributed by atoms with Gasteiger partial charge in [-0.15, -0.1) is 0 Å². The van der Waals surface area contributed by atoms with Crippen LogP contribution in [-0.4, -0.2) is 23.4 Å². The summed E-state index contributed by atoms with van der Waals surface area (Å²) in [5, 5.41) is 18.9. The second-order valence-electron chi connectivity index (χ2n) is 4.78. The van der Waals surface area contributed by atoms with Gasteiger partial charge in [0.15, 0.2) is 0 Å². The molecular weight excluding hydrogens is 200 g/mol. The fraction of sp³-hybridized carbons (Fsp3) is 0.571. The summed E-state index contributed by atoms with van der Waals surface area (Å²) in [5.41, 5.74) is 3.30. The Balaban J connectivity index is 2.97. The van der Waals surface area contributed by atoms with Gasteiger partial charge in [0.1, 0.15) is 0 Å². The van der Waals surface area contributed by atoms with Gasteiger partial charge in [-0.3, -0.25) is 0 Å². The first-order chi connectivity index (χ1) is 7.56. The van der Waals surface area contributed by atoms with E-state index in [0.29, 0.717) is 0 Å². The zero-order valence-electron chi connectivity index (χ0n) is 10.5. The molecule has 90 valence electrons. The van der Waals surface area contributed by atoms with Gasteiger partial charge in [0, 0.05) is 5.41 Å². The van der Waals surface area contributed by atoms with Crippen LogP contribution in [0, 0.1) is 19.3 Å². The van der Waals surface area contributed by atoms with Gasteiger partial charge < -0.3 is 10.2 Å². The van der Waals surface area contributed by atoms with Crippen molar-refractivity contribution in [3.8, 4) is 0 Å². The Morgan fingerprint density at radius 2 is 1.75 bits per heavy atom. The van der Waals surface area contributed by atoms with Gasteiger partial charge in [0.05, 0.1) is 13.2 Å². The molecule has 0 fully saturated rings. The van der Waals surface area contributed by atoms with Gasteiger partial charge >= 0.3 is 0 Å². The fourth-order valence-electron chi connectivity index (χ4n) is 1.91. The van der Waals surface area contributed by atoms with E-state index >= 15 is 0 Å². The summed E-state index contributed by atoms with van der Waals surface area (Å²) in [6, 6.07) is 6.33. The molecule has 0 spiro atoms. The topological polar surface area (TPSA) is 40.5 Å². The summed E-state index contributed by atoms with van der Waals surface area (Å²) in [4.78, 5) is 0. The van der Waals surface area contributed by atoms with Crippen molar-refractivity contribution in [1.82, 2.24) is 0 Å². The molecule has 0 atom stereocenters. The van der Waals surface area contributed by atoms with Gasteiger partial charge in [-0.1, -0.05) is 30.7 Å². The largest absolute Gasteiger partial charge is 0.396 e. The number of aliphatic hydroxyl groups is 2. The molecule has 0 amide bonds. The van der Waals surface area contributed by atoms with Crippen LogP contribution < -0.4 is 0 Å². The van der Waals surface area contributed by atoms with Crippen molar-refractivity contribution < 1.29 is 10.2 Å². The van der Waals surface area contributed by atoms with Crippen LogP contribution in [0.5, 0.6) is 0 Å². The molecule has 0 aliphatic heterocycles. The van der Waals surface area contributed by atoms with Crippen molar-refractivity contribution >= 4 is 0 Å². The Kier molecular flexibility index (Phi) is 4.51. The van der Waals surface area contributed by atoms with Gasteiger partial charge in [0.25, 0.3) is 0 Å². The third-order valence-corrected chi connectivity index (χ3v) is 3.49.